The molecular formula is C9H11N. The highest BCUT2D eigenvalue weighted by atomic mass is 14.6. The summed E-state index contributed by atoms with van der Waals surface area (Å²) in [6, 6.07) is 0. The number of rotatable bonds is 0. The SMILES string of the molecule is NC1=CCC2=CCCC=C12. The van der Waals surface area contributed by atoms with Crippen molar-refractivity contribution < 1.29 is 0 Å². The molecule has 0 aromatic rings. The molecule has 0 aromatic carbocycles. The van der Waals surface area contributed by atoms with Crippen molar-refractivity contribution >= 4 is 0 Å². The zero-order chi connectivity index (χ0) is 6.97. The smallest absolute Gasteiger partial charge is 0.0350 e. The van der Waals surface area contributed by atoms with Gasteiger partial charge >= 0.3 is 0 Å². The highest BCUT2D eigenvalue weighted by Crippen LogP contribution is 2.31. The molecule has 1 nitrogen and oxygen atoms in total. The van der Waals surface area contributed by atoms with Gasteiger partial charge in [-0.3, -0.25) is 0 Å². The predicted octanol–water partition coefficient (Wildman–Crippen LogP) is 1.88. The van der Waals surface area contributed by atoms with Crippen LogP contribution in [0.25, 0.3) is 0 Å². The summed E-state index contributed by atoms with van der Waals surface area (Å²) in [5.41, 5.74) is 9.45. The first-order valence-corrected chi connectivity index (χ1v) is 3.73. The first-order valence-electron chi connectivity index (χ1n) is 3.73. The van der Waals surface area contributed by atoms with Gasteiger partial charge in [0.2, 0.25) is 0 Å². The molecule has 10 heavy (non-hydrogen) atoms. The van der Waals surface area contributed by atoms with Gasteiger partial charge in [0.15, 0.2) is 0 Å². The van der Waals surface area contributed by atoms with E-state index in [4.69, 9.17) is 5.73 Å². The minimum absolute atomic E-state index is 0.978. The second kappa shape index (κ2) is 2.01. The lowest BCUT2D eigenvalue weighted by molar-refractivity contribution is 0.992. The maximum absolute atomic E-state index is 5.74. The van der Waals surface area contributed by atoms with Crippen LogP contribution in [0.4, 0.5) is 0 Å². The van der Waals surface area contributed by atoms with E-state index >= 15 is 0 Å². The Bertz CT molecular complexity index is 243. The van der Waals surface area contributed by atoms with E-state index in [0.29, 0.717) is 0 Å². The summed E-state index contributed by atoms with van der Waals surface area (Å²) in [5.74, 6) is 0. The molecule has 2 rings (SSSR count). The Kier molecular flexibility index (Phi) is 1.16. The van der Waals surface area contributed by atoms with E-state index in [9.17, 15) is 0 Å². The summed E-state index contributed by atoms with van der Waals surface area (Å²) in [4.78, 5) is 0. The van der Waals surface area contributed by atoms with Crippen LogP contribution in [-0.2, 0) is 0 Å². The van der Waals surface area contributed by atoms with Crippen LogP contribution < -0.4 is 5.73 Å². The highest BCUT2D eigenvalue weighted by Gasteiger charge is 2.15. The molecule has 2 N–H and O–H groups in total. The first-order chi connectivity index (χ1) is 4.88. The molecule has 0 aromatic heterocycles. The van der Waals surface area contributed by atoms with Crippen LogP contribution in [-0.4, -0.2) is 0 Å². The molecule has 52 valence electrons. The fraction of sp³-hybridized carbons (Fsp3) is 0.333. The van der Waals surface area contributed by atoms with Crippen LogP contribution >= 0.6 is 0 Å². The Labute approximate surface area is 60.9 Å². The summed E-state index contributed by atoms with van der Waals surface area (Å²) in [6.07, 6.45) is 10.0. The highest BCUT2D eigenvalue weighted by molar-refractivity contribution is 5.52. The average molecular weight is 133 g/mol. The number of hydrogen-bond acceptors (Lipinski definition) is 1. The van der Waals surface area contributed by atoms with Crippen LogP contribution in [0.5, 0.6) is 0 Å². The quantitative estimate of drug-likeness (QED) is 0.536. The third-order valence-electron chi connectivity index (χ3n) is 2.10. The minimum atomic E-state index is 0.978. The summed E-state index contributed by atoms with van der Waals surface area (Å²) >= 11 is 0. The fourth-order valence-electron chi connectivity index (χ4n) is 1.55. The average Bonchev–Trinajstić information content (AvgIpc) is 2.34. The van der Waals surface area contributed by atoms with E-state index in [1.165, 1.54) is 17.6 Å². The van der Waals surface area contributed by atoms with Gasteiger partial charge in [-0.25, -0.2) is 0 Å². The molecule has 2 aliphatic rings. The number of fused-ring (bicyclic) bond motifs is 1. The molecule has 0 amide bonds. The summed E-state index contributed by atoms with van der Waals surface area (Å²) in [7, 11) is 0. The maximum atomic E-state index is 5.74. The van der Waals surface area contributed by atoms with Crippen molar-refractivity contribution in [2.75, 3.05) is 0 Å². The predicted molar refractivity (Wildman–Crippen MR) is 42.3 cm³/mol. The third-order valence-corrected chi connectivity index (χ3v) is 2.10. The van der Waals surface area contributed by atoms with Crippen molar-refractivity contribution in [3.8, 4) is 0 Å². The van der Waals surface area contributed by atoms with Gasteiger partial charge in [-0.15, -0.1) is 0 Å². The molecule has 0 fully saturated rings. The first kappa shape index (κ1) is 5.78. The van der Waals surface area contributed by atoms with Gasteiger partial charge in [-0.05, 0) is 30.4 Å². The van der Waals surface area contributed by atoms with Gasteiger partial charge < -0.3 is 5.73 Å². The molecule has 0 atom stereocenters. The van der Waals surface area contributed by atoms with Crippen molar-refractivity contribution in [2.45, 2.75) is 19.3 Å². The van der Waals surface area contributed by atoms with E-state index in [2.05, 4.69) is 18.2 Å². The molecule has 0 unspecified atom stereocenters. The molecule has 0 bridgehead atoms. The molecule has 2 aliphatic carbocycles. The minimum Gasteiger partial charge on any atom is -0.398 e. The molecule has 0 radical (unpaired) electrons. The Balaban J connectivity index is 2.39. The number of nitrogens with two attached hydrogens (primary N) is 1. The van der Waals surface area contributed by atoms with Crippen molar-refractivity contribution in [3.05, 3.63) is 35.1 Å². The second-order valence-electron chi connectivity index (χ2n) is 2.79. The van der Waals surface area contributed by atoms with Gasteiger partial charge in [0.05, 0.1) is 0 Å². The lowest BCUT2D eigenvalue weighted by Crippen LogP contribution is -1.99. The summed E-state index contributed by atoms with van der Waals surface area (Å²) < 4.78 is 0. The molecule has 1 heteroatoms. The largest absolute Gasteiger partial charge is 0.398 e. The van der Waals surface area contributed by atoms with Crippen LogP contribution in [0, 0.1) is 0 Å². The Morgan fingerprint density at radius 1 is 1.10 bits per heavy atom. The lowest BCUT2D eigenvalue weighted by atomic mass is 9.99. The Morgan fingerprint density at radius 3 is 2.70 bits per heavy atom. The van der Waals surface area contributed by atoms with Crippen LogP contribution in [0.15, 0.2) is 35.1 Å². The van der Waals surface area contributed by atoms with Gasteiger partial charge in [0.25, 0.3) is 0 Å². The van der Waals surface area contributed by atoms with E-state index in [1.807, 2.05) is 0 Å². The van der Waals surface area contributed by atoms with Crippen LogP contribution in [0.1, 0.15) is 19.3 Å². The zero-order valence-electron chi connectivity index (χ0n) is 5.93. The second-order valence-corrected chi connectivity index (χ2v) is 2.79. The zero-order valence-corrected chi connectivity index (χ0v) is 5.93. The molecule has 0 saturated carbocycles. The normalized spacial score (nSPS) is 23.0. The number of hydrogen-bond donors (Lipinski definition) is 1. The molecule has 0 spiro atoms. The van der Waals surface area contributed by atoms with E-state index in [-0.39, 0.29) is 0 Å². The van der Waals surface area contributed by atoms with Crippen molar-refractivity contribution in [1.29, 1.82) is 0 Å². The number of allylic oxidation sites excluding steroid dienone is 4. The topological polar surface area (TPSA) is 26.0 Å². The van der Waals surface area contributed by atoms with E-state index < -0.39 is 0 Å². The van der Waals surface area contributed by atoms with Crippen LogP contribution in [0.2, 0.25) is 0 Å². The van der Waals surface area contributed by atoms with Crippen molar-refractivity contribution in [1.82, 2.24) is 0 Å². The van der Waals surface area contributed by atoms with Gasteiger partial charge in [-0.2, -0.15) is 0 Å². The van der Waals surface area contributed by atoms with Crippen molar-refractivity contribution in [3.63, 3.8) is 0 Å². The van der Waals surface area contributed by atoms with Crippen LogP contribution in [0.3, 0.4) is 0 Å². The Morgan fingerprint density at radius 2 is 1.90 bits per heavy atom. The fourth-order valence-corrected chi connectivity index (χ4v) is 1.55. The monoisotopic (exact) mass is 133 g/mol. The molecular weight excluding hydrogens is 122 g/mol. The lowest BCUT2D eigenvalue weighted by Gasteiger charge is -2.07. The maximum Gasteiger partial charge on any atom is 0.0350 e. The van der Waals surface area contributed by atoms with E-state index in [0.717, 1.165) is 18.5 Å². The molecule has 0 heterocycles. The van der Waals surface area contributed by atoms with Gasteiger partial charge in [-0.1, -0.05) is 18.2 Å². The van der Waals surface area contributed by atoms with Gasteiger partial charge in [0.1, 0.15) is 0 Å². The molecule has 0 saturated heterocycles. The van der Waals surface area contributed by atoms with Gasteiger partial charge in [0, 0.05) is 5.70 Å². The Hall–Kier alpha value is -0.980. The summed E-state index contributed by atoms with van der Waals surface area (Å²) in [6.45, 7) is 0. The summed E-state index contributed by atoms with van der Waals surface area (Å²) in [5, 5.41) is 0. The standard InChI is InChI=1S/C9H11N/c10-9-6-5-7-3-1-2-4-8(7)9/h3-4,6H,1-2,5,10H2. The van der Waals surface area contributed by atoms with Crippen molar-refractivity contribution in [2.24, 2.45) is 5.73 Å². The third kappa shape index (κ3) is 0.703. The van der Waals surface area contributed by atoms with E-state index in [1.54, 1.807) is 0 Å². The molecule has 0 aliphatic heterocycles.